The SMILES string of the molecule is CCCc1ccn2ncc(C(=O)Nc3csc(C(C)O)c3)c2n1. The van der Waals surface area contributed by atoms with Crippen molar-refractivity contribution >= 4 is 28.6 Å². The zero-order valence-electron chi connectivity index (χ0n) is 13.0. The van der Waals surface area contributed by atoms with E-state index in [1.165, 1.54) is 17.5 Å². The van der Waals surface area contributed by atoms with E-state index in [0.29, 0.717) is 16.9 Å². The molecule has 0 aliphatic heterocycles. The quantitative estimate of drug-likeness (QED) is 0.753. The lowest BCUT2D eigenvalue weighted by atomic mass is 10.2. The molecule has 0 aliphatic rings. The summed E-state index contributed by atoms with van der Waals surface area (Å²) < 4.78 is 1.60. The number of nitrogens with zero attached hydrogens (tertiary/aromatic N) is 3. The number of aromatic nitrogens is 3. The van der Waals surface area contributed by atoms with Crippen molar-refractivity contribution in [2.75, 3.05) is 5.32 Å². The highest BCUT2D eigenvalue weighted by Crippen LogP contribution is 2.25. The number of amides is 1. The maximum absolute atomic E-state index is 12.5. The van der Waals surface area contributed by atoms with Crippen molar-refractivity contribution in [1.82, 2.24) is 14.6 Å². The van der Waals surface area contributed by atoms with Gasteiger partial charge < -0.3 is 10.4 Å². The molecule has 1 unspecified atom stereocenters. The van der Waals surface area contributed by atoms with Gasteiger partial charge in [0.15, 0.2) is 5.65 Å². The van der Waals surface area contributed by atoms with Gasteiger partial charge in [-0.2, -0.15) is 5.10 Å². The van der Waals surface area contributed by atoms with Crippen LogP contribution in [0.15, 0.2) is 29.9 Å². The molecule has 3 aromatic heterocycles. The molecule has 0 aromatic carbocycles. The van der Waals surface area contributed by atoms with E-state index in [1.54, 1.807) is 17.5 Å². The maximum Gasteiger partial charge on any atom is 0.261 e. The third-order valence-corrected chi connectivity index (χ3v) is 4.57. The first-order valence-corrected chi connectivity index (χ1v) is 8.37. The van der Waals surface area contributed by atoms with Gasteiger partial charge in [0.25, 0.3) is 5.91 Å². The second-order valence-corrected chi connectivity index (χ2v) is 6.31. The predicted molar refractivity (Wildman–Crippen MR) is 89.9 cm³/mol. The second kappa shape index (κ2) is 6.47. The zero-order valence-corrected chi connectivity index (χ0v) is 13.8. The van der Waals surface area contributed by atoms with Gasteiger partial charge in [-0.1, -0.05) is 13.3 Å². The summed E-state index contributed by atoms with van der Waals surface area (Å²) in [6.45, 7) is 3.79. The van der Waals surface area contributed by atoms with Crippen molar-refractivity contribution in [2.45, 2.75) is 32.8 Å². The third-order valence-electron chi connectivity index (χ3n) is 3.47. The van der Waals surface area contributed by atoms with E-state index in [-0.39, 0.29) is 5.91 Å². The van der Waals surface area contributed by atoms with E-state index in [4.69, 9.17) is 0 Å². The Morgan fingerprint density at radius 2 is 2.35 bits per heavy atom. The Hall–Kier alpha value is -2.25. The van der Waals surface area contributed by atoms with Crippen LogP contribution in [0, 0.1) is 0 Å². The molecule has 0 bridgehead atoms. The number of aliphatic hydroxyl groups excluding tert-OH is 1. The Kier molecular flexibility index (Phi) is 4.40. The molecule has 1 atom stereocenters. The molecule has 0 aliphatic carbocycles. The summed E-state index contributed by atoms with van der Waals surface area (Å²) in [7, 11) is 0. The highest BCUT2D eigenvalue weighted by molar-refractivity contribution is 7.10. The van der Waals surface area contributed by atoms with Crippen molar-refractivity contribution < 1.29 is 9.90 Å². The first-order chi connectivity index (χ1) is 11.1. The van der Waals surface area contributed by atoms with Crippen LogP contribution in [0.1, 0.15) is 47.3 Å². The number of hydrogen-bond acceptors (Lipinski definition) is 5. The van der Waals surface area contributed by atoms with Crippen LogP contribution in [0.25, 0.3) is 5.65 Å². The Balaban J connectivity index is 1.86. The van der Waals surface area contributed by atoms with Crippen LogP contribution in [0.4, 0.5) is 5.69 Å². The molecule has 0 spiro atoms. The average Bonchev–Trinajstić information content (AvgIpc) is 3.13. The predicted octanol–water partition coefficient (Wildman–Crippen LogP) is 3.05. The van der Waals surface area contributed by atoms with Crippen molar-refractivity contribution in [2.24, 2.45) is 0 Å². The van der Waals surface area contributed by atoms with E-state index >= 15 is 0 Å². The highest BCUT2D eigenvalue weighted by atomic mass is 32.1. The summed E-state index contributed by atoms with van der Waals surface area (Å²) in [5.41, 5.74) is 2.61. The maximum atomic E-state index is 12.5. The van der Waals surface area contributed by atoms with E-state index in [9.17, 15) is 9.90 Å². The van der Waals surface area contributed by atoms with Crippen LogP contribution < -0.4 is 5.32 Å². The van der Waals surface area contributed by atoms with Gasteiger partial charge in [0.1, 0.15) is 5.56 Å². The van der Waals surface area contributed by atoms with Crippen LogP contribution in [0.5, 0.6) is 0 Å². The van der Waals surface area contributed by atoms with E-state index in [2.05, 4.69) is 22.3 Å². The van der Waals surface area contributed by atoms with Gasteiger partial charge in [0.2, 0.25) is 0 Å². The Morgan fingerprint density at radius 3 is 3.04 bits per heavy atom. The summed E-state index contributed by atoms with van der Waals surface area (Å²) in [5, 5.41) is 18.4. The zero-order chi connectivity index (χ0) is 16.4. The van der Waals surface area contributed by atoms with E-state index in [1.807, 2.05) is 17.6 Å². The average molecular weight is 330 g/mol. The monoisotopic (exact) mass is 330 g/mol. The Bertz CT molecular complexity index is 838. The fraction of sp³-hybridized carbons (Fsp3) is 0.312. The molecule has 120 valence electrons. The lowest BCUT2D eigenvalue weighted by Crippen LogP contribution is -2.11. The Morgan fingerprint density at radius 1 is 1.52 bits per heavy atom. The van der Waals surface area contributed by atoms with Crippen LogP contribution >= 0.6 is 11.3 Å². The van der Waals surface area contributed by atoms with E-state index < -0.39 is 6.10 Å². The molecule has 0 saturated heterocycles. The number of thiophene rings is 1. The minimum Gasteiger partial charge on any atom is -0.388 e. The van der Waals surface area contributed by atoms with Crippen LogP contribution in [0.2, 0.25) is 0 Å². The van der Waals surface area contributed by atoms with E-state index in [0.717, 1.165) is 23.4 Å². The van der Waals surface area contributed by atoms with Crippen LogP contribution in [-0.2, 0) is 6.42 Å². The standard InChI is InChI=1S/C16H18N4O2S/c1-3-4-11-5-6-20-15(18-11)13(8-17-20)16(22)19-12-7-14(10(2)21)23-9-12/h5-10,21H,3-4H2,1-2H3,(H,19,22). The summed E-state index contributed by atoms with van der Waals surface area (Å²) in [5.74, 6) is -0.254. The molecule has 3 heterocycles. The lowest BCUT2D eigenvalue weighted by molar-refractivity contribution is 0.102. The molecule has 3 aromatic rings. The number of anilines is 1. The molecule has 23 heavy (non-hydrogen) atoms. The van der Waals surface area contributed by atoms with Crippen molar-refractivity contribution in [3.8, 4) is 0 Å². The van der Waals surface area contributed by atoms with Gasteiger partial charge in [-0.25, -0.2) is 9.50 Å². The molecular weight excluding hydrogens is 312 g/mol. The second-order valence-electron chi connectivity index (χ2n) is 5.36. The van der Waals surface area contributed by atoms with Crippen LogP contribution in [0.3, 0.4) is 0 Å². The number of carbonyl (C=O) groups is 1. The van der Waals surface area contributed by atoms with Gasteiger partial charge in [-0.05, 0) is 25.5 Å². The van der Waals surface area contributed by atoms with Gasteiger partial charge >= 0.3 is 0 Å². The van der Waals surface area contributed by atoms with Gasteiger partial charge in [-0.3, -0.25) is 4.79 Å². The van der Waals surface area contributed by atoms with Gasteiger partial charge in [0, 0.05) is 22.1 Å². The molecule has 1 amide bonds. The number of rotatable bonds is 5. The smallest absolute Gasteiger partial charge is 0.261 e. The highest BCUT2D eigenvalue weighted by Gasteiger charge is 2.16. The summed E-state index contributed by atoms with van der Waals surface area (Å²) >= 11 is 1.41. The van der Waals surface area contributed by atoms with Crippen molar-refractivity contribution in [3.05, 3.63) is 46.0 Å². The van der Waals surface area contributed by atoms with Gasteiger partial charge in [-0.15, -0.1) is 11.3 Å². The number of fused-ring (bicyclic) bond motifs is 1. The number of carbonyl (C=O) groups excluding carboxylic acids is 1. The first kappa shape index (κ1) is 15.6. The number of nitrogens with one attached hydrogen (secondary N) is 1. The largest absolute Gasteiger partial charge is 0.388 e. The molecule has 0 fully saturated rings. The number of aryl methyl sites for hydroxylation is 1. The van der Waals surface area contributed by atoms with Crippen molar-refractivity contribution in [1.29, 1.82) is 0 Å². The number of aliphatic hydroxyl groups is 1. The minimum absolute atomic E-state index is 0.254. The van der Waals surface area contributed by atoms with Crippen LogP contribution in [-0.4, -0.2) is 25.6 Å². The molecule has 7 heteroatoms. The number of hydrogen-bond donors (Lipinski definition) is 2. The molecule has 0 radical (unpaired) electrons. The molecule has 2 N–H and O–H groups in total. The van der Waals surface area contributed by atoms with Crippen molar-refractivity contribution in [3.63, 3.8) is 0 Å². The topological polar surface area (TPSA) is 79.5 Å². The van der Waals surface area contributed by atoms with Gasteiger partial charge in [0.05, 0.1) is 18.0 Å². The minimum atomic E-state index is -0.541. The fourth-order valence-corrected chi connectivity index (χ4v) is 3.08. The summed E-state index contributed by atoms with van der Waals surface area (Å²) in [6, 6.07) is 3.69. The summed E-state index contributed by atoms with van der Waals surface area (Å²) in [6.07, 6.45) is 4.66. The Labute approximate surface area is 137 Å². The molecule has 3 rings (SSSR count). The summed E-state index contributed by atoms with van der Waals surface area (Å²) in [4.78, 5) is 17.8. The normalized spacial score (nSPS) is 12.5. The first-order valence-electron chi connectivity index (χ1n) is 7.49. The third kappa shape index (κ3) is 3.25. The molecular formula is C16H18N4O2S. The fourth-order valence-electron chi connectivity index (χ4n) is 2.30. The molecule has 6 nitrogen and oxygen atoms in total. The molecule has 0 saturated carbocycles. The lowest BCUT2D eigenvalue weighted by Gasteiger charge is -2.03.